The van der Waals surface area contributed by atoms with E-state index >= 15 is 0 Å². The molecule has 6 nitrogen and oxygen atoms in total. The number of benzene rings is 2. The van der Waals surface area contributed by atoms with Gasteiger partial charge in [0.15, 0.2) is 4.32 Å². The van der Waals surface area contributed by atoms with Crippen LogP contribution < -0.4 is 4.90 Å². The van der Waals surface area contributed by atoms with E-state index in [1.807, 2.05) is 31.2 Å². The maximum Gasteiger partial charge on any atom is 0.273 e. The molecule has 150 valence electrons. The minimum Gasteiger partial charge on any atom is -0.457 e. The zero-order valence-electron chi connectivity index (χ0n) is 16.1. The number of thioether (sulfide) groups is 1. The van der Waals surface area contributed by atoms with Crippen molar-refractivity contribution >= 4 is 51.7 Å². The Morgan fingerprint density at radius 3 is 2.53 bits per heavy atom. The van der Waals surface area contributed by atoms with Crippen LogP contribution in [0.1, 0.15) is 16.9 Å². The molecule has 1 saturated heterocycles. The van der Waals surface area contributed by atoms with Crippen LogP contribution >= 0.6 is 24.0 Å². The number of thiocarbonyl (C=S) groups is 1. The summed E-state index contributed by atoms with van der Waals surface area (Å²) in [6.07, 6.45) is 1.64. The van der Waals surface area contributed by atoms with Gasteiger partial charge in [-0.25, -0.2) is 0 Å². The quantitative estimate of drug-likeness (QED) is 0.220. The molecule has 8 heteroatoms. The summed E-state index contributed by atoms with van der Waals surface area (Å²) in [6, 6.07) is 15.9. The molecule has 30 heavy (non-hydrogen) atoms. The van der Waals surface area contributed by atoms with E-state index in [-0.39, 0.29) is 11.6 Å². The maximum absolute atomic E-state index is 12.9. The number of aryl methyl sites for hydroxylation is 2. The van der Waals surface area contributed by atoms with Crippen molar-refractivity contribution in [3.8, 4) is 11.3 Å². The molecule has 0 bridgehead atoms. The number of nitrogens with zero attached hydrogens (tertiary/aromatic N) is 2. The Morgan fingerprint density at radius 2 is 1.83 bits per heavy atom. The number of hydrogen-bond acceptors (Lipinski definition) is 6. The Morgan fingerprint density at radius 1 is 1.10 bits per heavy atom. The first-order valence-corrected chi connectivity index (χ1v) is 10.3. The number of carbonyl (C=O) groups is 1. The molecule has 0 unspecified atom stereocenters. The molecule has 0 N–H and O–H groups in total. The lowest BCUT2D eigenvalue weighted by molar-refractivity contribution is -0.385. The van der Waals surface area contributed by atoms with Gasteiger partial charge in [0.1, 0.15) is 11.5 Å². The molecule has 0 radical (unpaired) electrons. The fraction of sp³-hybridized carbons (Fsp3) is 0.0909. The summed E-state index contributed by atoms with van der Waals surface area (Å²) in [6.45, 7) is 3.66. The van der Waals surface area contributed by atoms with E-state index in [0.29, 0.717) is 31.9 Å². The summed E-state index contributed by atoms with van der Waals surface area (Å²) < 4.78 is 6.27. The average molecular weight is 437 g/mol. The fourth-order valence-electron chi connectivity index (χ4n) is 3.06. The first-order chi connectivity index (χ1) is 14.3. The SMILES string of the molecule is Cc1ccc(N2C(=O)/C(=C/c3ccc(-c4ccc(C)c([N+](=O)[O-])c4)o3)SC2=S)cc1. The maximum atomic E-state index is 12.9. The Hall–Kier alpha value is -3.23. The molecule has 0 spiro atoms. The Kier molecular flexibility index (Phi) is 5.27. The van der Waals surface area contributed by atoms with E-state index in [0.717, 1.165) is 11.3 Å². The topological polar surface area (TPSA) is 76.6 Å². The van der Waals surface area contributed by atoms with Crippen molar-refractivity contribution in [1.82, 2.24) is 0 Å². The Labute approximate surface area is 182 Å². The molecule has 0 aliphatic carbocycles. The first kappa shape index (κ1) is 20.1. The van der Waals surface area contributed by atoms with Crippen molar-refractivity contribution < 1.29 is 14.1 Å². The van der Waals surface area contributed by atoms with Gasteiger partial charge in [0.2, 0.25) is 0 Å². The van der Waals surface area contributed by atoms with Gasteiger partial charge in [-0.05, 0) is 38.1 Å². The van der Waals surface area contributed by atoms with Gasteiger partial charge in [-0.3, -0.25) is 19.8 Å². The third-order valence-electron chi connectivity index (χ3n) is 4.68. The van der Waals surface area contributed by atoms with E-state index in [2.05, 4.69) is 0 Å². The van der Waals surface area contributed by atoms with Crippen LogP contribution in [0.15, 0.2) is 63.9 Å². The molecule has 1 amide bonds. The second kappa shape index (κ2) is 7.89. The number of amides is 1. The second-order valence-electron chi connectivity index (χ2n) is 6.81. The van der Waals surface area contributed by atoms with Gasteiger partial charge in [0, 0.05) is 23.3 Å². The molecular formula is C22H16N2O4S2. The monoisotopic (exact) mass is 436 g/mol. The van der Waals surface area contributed by atoms with Crippen LogP contribution in [0.2, 0.25) is 0 Å². The van der Waals surface area contributed by atoms with Crippen molar-refractivity contribution in [3.63, 3.8) is 0 Å². The zero-order valence-corrected chi connectivity index (χ0v) is 17.8. The minimum atomic E-state index is -0.418. The van der Waals surface area contributed by atoms with Crippen molar-refractivity contribution in [2.75, 3.05) is 4.90 Å². The van der Waals surface area contributed by atoms with Crippen molar-refractivity contribution in [3.05, 3.63) is 86.5 Å². The van der Waals surface area contributed by atoms with E-state index in [9.17, 15) is 14.9 Å². The molecule has 1 aliphatic rings. The minimum absolute atomic E-state index is 0.0319. The van der Waals surface area contributed by atoms with Crippen LogP contribution in [0.5, 0.6) is 0 Å². The van der Waals surface area contributed by atoms with E-state index in [4.69, 9.17) is 16.6 Å². The lowest BCUT2D eigenvalue weighted by Gasteiger charge is -2.14. The molecule has 0 saturated carbocycles. The summed E-state index contributed by atoms with van der Waals surface area (Å²) in [5, 5.41) is 11.2. The molecule has 2 aromatic carbocycles. The highest BCUT2D eigenvalue weighted by molar-refractivity contribution is 8.27. The van der Waals surface area contributed by atoms with Gasteiger partial charge in [-0.15, -0.1) is 0 Å². The lowest BCUT2D eigenvalue weighted by Crippen LogP contribution is -2.27. The largest absolute Gasteiger partial charge is 0.457 e. The number of rotatable bonds is 4. The molecule has 1 aliphatic heterocycles. The Balaban J connectivity index is 1.61. The number of anilines is 1. The summed E-state index contributed by atoms with van der Waals surface area (Å²) >= 11 is 6.60. The summed E-state index contributed by atoms with van der Waals surface area (Å²) in [4.78, 5) is 25.6. The molecule has 1 fully saturated rings. The molecular weight excluding hydrogens is 420 g/mol. The fourth-order valence-corrected chi connectivity index (χ4v) is 4.34. The highest BCUT2D eigenvalue weighted by atomic mass is 32.2. The highest BCUT2D eigenvalue weighted by Gasteiger charge is 2.33. The van der Waals surface area contributed by atoms with Crippen LogP contribution in [0.4, 0.5) is 11.4 Å². The van der Waals surface area contributed by atoms with Crippen LogP contribution in [-0.4, -0.2) is 15.2 Å². The standard InChI is InChI=1S/C22H16N2O4S2/c1-13-3-7-16(8-4-13)23-21(25)20(30-22(23)29)12-17-9-10-19(28-17)15-6-5-14(2)18(11-15)24(26)27/h3-12H,1-2H3/b20-12-. The summed E-state index contributed by atoms with van der Waals surface area (Å²) in [7, 11) is 0. The van der Waals surface area contributed by atoms with Gasteiger partial charge in [-0.2, -0.15) is 0 Å². The molecule has 1 aromatic heterocycles. The predicted octanol–water partition coefficient (Wildman–Crippen LogP) is 5.88. The van der Waals surface area contributed by atoms with Crippen LogP contribution in [-0.2, 0) is 4.79 Å². The van der Waals surface area contributed by atoms with Crippen molar-refractivity contribution in [2.24, 2.45) is 0 Å². The normalized spacial score (nSPS) is 15.3. The van der Waals surface area contributed by atoms with Gasteiger partial charge in [0.25, 0.3) is 11.6 Å². The van der Waals surface area contributed by atoms with E-state index < -0.39 is 4.92 Å². The summed E-state index contributed by atoms with van der Waals surface area (Å²) in [5.74, 6) is 0.744. The Bertz CT molecular complexity index is 1210. The van der Waals surface area contributed by atoms with E-state index in [1.165, 1.54) is 22.7 Å². The van der Waals surface area contributed by atoms with Gasteiger partial charge >= 0.3 is 0 Å². The third-order valence-corrected chi connectivity index (χ3v) is 5.98. The van der Waals surface area contributed by atoms with Crippen molar-refractivity contribution in [2.45, 2.75) is 13.8 Å². The zero-order chi connectivity index (χ0) is 21.4. The molecule has 2 heterocycles. The number of furan rings is 1. The van der Waals surface area contributed by atoms with Crippen LogP contribution in [0.3, 0.4) is 0 Å². The van der Waals surface area contributed by atoms with Gasteiger partial charge in [0.05, 0.1) is 15.5 Å². The number of hydrogen-bond donors (Lipinski definition) is 0. The van der Waals surface area contributed by atoms with Crippen molar-refractivity contribution in [1.29, 1.82) is 0 Å². The molecule has 0 atom stereocenters. The van der Waals surface area contributed by atoms with Crippen LogP contribution in [0.25, 0.3) is 17.4 Å². The third kappa shape index (κ3) is 3.79. The van der Waals surface area contributed by atoms with Crippen LogP contribution in [0, 0.1) is 24.0 Å². The molecule has 3 aromatic rings. The number of nitro benzene ring substituents is 1. The molecule has 4 rings (SSSR count). The average Bonchev–Trinajstić information content (AvgIpc) is 3.28. The van der Waals surface area contributed by atoms with Gasteiger partial charge in [-0.1, -0.05) is 53.8 Å². The summed E-state index contributed by atoms with van der Waals surface area (Å²) in [5.41, 5.74) is 3.02. The first-order valence-electron chi connectivity index (χ1n) is 9.03. The van der Waals surface area contributed by atoms with Gasteiger partial charge < -0.3 is 4.42 Å². The predicted molar refractivity (Wildman–Crippen MR) is 122 cm³/mol. The second-order valence-corrected chi connectivity index (χ2v) is 8.49. The van der Waals surface area contributed by atoms with E-state index in [1.54, 1.807) is 37.3 Å². The number of carbonyl (C=O) groups excluding carboxylic acids is 1. The lowest BCUT2D eigenvalue weighted by atomic mass is 10.1. The smallest absolute Gasteiger partial charge is 0.273 e. The highest BCUT2D eigenvalue weighted by Crippen LogP contribution is 2.37. The number of nitro groups is 1.